The van der Waals surface area contributed by atoms with Crippen LogP contribution >= 0.6 is 0 Å². The van der Waals surface area contributed by atoms with Crippen LogP contribution in [0.25, 0.3) is 0 Å². The normalized spacial score (nSPS) is 42.9. The Labute approximate surface area is 85.4 Å². The molecule has 3 heteroatoms. The van der Waals surface area contributed by atoms with E-state index in [2.05, 4.69) is 12.2 Å². The lowest BCUT2D eigenvalue weighted by atomic mass is 9.72. The highest BCUT2D eigenvalue weighted by molar-refractivity contribution is 5.80. The number of carbonyl (C=O) groups is 1. The van der Waals surface area contributed by atoms with Gasteiger partial charge in [0.25, 0.3) is 0 Å². The van der Waals surface area contributed by atoms with Crippen molar-refractivity contribution >= 4 is 5.91 Å². The minimum absolute atomic E-state index is 0.0709. The van der Waals surface area contributed by atoms with E-state index in [1.807, 2.05) is 0 Å². The largest absolute Gasteiger partial charge is 0.353 e. The predicted molar refractivity (Wildman–Crippen MR) is 55.6 cm³/mol. The van der Waals surface area contributed by atoms with Crippen molar-refractivity contribution in [1.29, 1.82) is 0 Å². The molecule has 2 aliphatic rings. The molecule has 80 valence electrons. The summed E-state index contributed by atoms with van der Waals surface area (Å²) < 4.78 is 0. The van der Waals surface area contributed by atoms with Crippen LogP contribution in [0.5, 0.6) is 0 Å². The lowest BCUT2D eigenvalue weighted by molar-refractivity contribution is -0.129. The molecule has 1 saturated carbocycles. The van der Waals surface area contributed by atoms with Crippen molar-refractivity contribution in [2.24, 2.45) is 23.5 Å². The summed E-state index contributed by atoms with van der Waals surface area (Å²) in [5.74, 6) is 1.76. The zero-order chi connectivity index (χ0) is 10.1. The molecule has 14 heavy (non-hydrogen) atoms. The van der Waals surface area contributed by atoms with Gasteiger partial charge in [-0.05, 0) is 37.5 Å². The predicted octanol–water partition coefficient (Wildman–Crippen LogP) is 0.886. The minimum atomic E-state index is 0.0709. The molecule has 1 saturated heterocycles. The lowest BCUT2D eigenvalue weighted by Crippen LogP contribution is -2.53. The van der Waals surface area contributed by atoms with E-state index in [0.29, 0.717) is 18.5 Å². The van der Waals surface area contributed by atoms with Gasteiger partial charge in [0.1, 0.15) is 0 Å². The number of nitrogens with one attached hydrogen (secondary N) is 1. The Morgan fingerprint density at radius 1 is 1.43 bits per heavy atom. The summed E-state index contributed by atoms with van der Waals surface area (Å²) in [4.78, 5) is 11.6. The Balaban J connectivity index is 2.01. The molecule has 3 nitrogen and oxygen atoms in total. The Kier molecular flexibility index (Phi) is 2.77. The summed E-state index contributed by atoms with van der Waals surface area (Å²) in [5.41, 5.74) is 5.59. The first-order valence-corrected chi connectivity index (χ1v) is 5.71. The lowest BCUT2D eigenvalue weighted by Gasteiger charge is -2.41. The van der Waals surface area contributed by atoms with Crippen molar-refractivity contribution in [2.45, 2.75) is 38.6 Å². The fraction of sp³-hybridized carbons (Fsp3) is 0.909. The molecule has 0 spiro atoms. The number of hydrogen-bond donors (Lipinski definition) is 2. The summed E-state index contributed by atoms with van der Waals surface area (Å²) >= 11 is 0. The van der Waals surface area contributed by atoms with Crippen LogP contribution in [0.4, 0.5) is 0 Å². The van der Waals surface area contributed by atoms with Crippen molar-refractivity contribution in [2.75, 3.05) is 6.54 Å². The average molecular weight is 196 g/mol. The van der Waals surface area contributed by atoms with E-state index in [1.165, 1.54) is 12.8 Å². The molecule has 2 fully saturated rings. The van der Waals surface area contributed by atoms with Crippen LogP contribution < -0.4 is 11.1 Å². The summed E-state index contributed by atoms with van der Waals surface area (Å²) in [6.45, 7) is 2.81. The second-order valence-corrected chi connectivity index (χ2v) is 4.96. The Morgan fingerprint density at radius 3 is 2.93 bits per heavy atom. The summed E-state index contributed by atoms with van der Waals surface area (Å²) in [6, 6.07) is 0.446. The highest BCUT2D eigenvalue weighted by atomic mass is 16.2. The molecule has 0 aromatic carbocycles. The number of hydrogen-bond acceptors (Lipinski definition) is 2. The average Bonchev–Trinajstić information content (AvgIpc) is 2.17. The van der Waals surface area contributed by atoms with E-state index in [0.717, 1.165) is 18.8 Å². The molecule has 4 atom stereocenters. The standard InChI is InChI=1S/C11H20N2O/c1-7-2-3-10-8(4-7)5-9(6-12)11(14)13-10/h7-10H,2-6,12H2,1H3,(H,13,14)/t7-,8+,9+,10+/m1/s1. The molecular formula is C11H20N2O. The van der Waals surface area contributed by atoms with Gasteiger partial charge in [0, 0.05) is 12.6 Å². The monoisotopic (exact) mass is 196 g/mol. The quantitative estimate of drug-likeness (QED) is 0.654. The topological polar surface area (TPSA) is 55.1 Å². The van der Waals surface area contributed by atoms with Crippen LogP contribution in [0.3, 0.4) is 0 Å². The molecule has 1 heterocycles. The molecule has 3 N–H and O–H groups in total. The first kappa shape index (κ1) is 9.97. The van der Waals surface area contributed by atoms with E-state index in [-0.39, 0.29) is 11.8 Å². The van der Waals surface area contributed by atoms with Gasteiger partial charge in [0.05, 0.1) is 5.92 Å². The molecule has 1 aliphatic carbocycles. The van der Waals surface area contributed by atoms with Crippen LogP contribution in [0.1, 0.15) is 32.6 Å². The fourth-order valence-electron chi connectivity index (χ4n) is 2.93. The van der Waals surface area contributed by atoms with Gasteiger partial charge in [-0.3, -0.25) is 4.79 Å². The van der Waals surface area contributed by atoms with Crippen molar-refractivity contribution in [1.82, 2.24) is 5.32 Å². The maximum atomic E-state index is 11.6. The Hall–Kier alpha value is -0.570. The third-order valence-corrected chi connectivity index (χ3v) is 3.81. The summed E-state index contributed by atoms with van der Waals surface area (Å²) in [7, 11) is 0. The number of fused-ring (bicyclic) bond motifs is 1. The van der Waals surface area contributed by atoms with E-state index in [1.54, 1.807) is 0 Å². The van der Waals surface area contributed by atoms with Crippen LogP contribution in [0, 0.1) is 17.8 Å². The third kappa shape index (κ3) is 1.78. The number of nitrogens with two attached hydrogens (primary N) is 1. The molecular weight excluding hydrogens is 176 g/mol. The van der Waals surface area contributed by atoms with Crippen molar-refractivity contribution in [3.05, 3.63) is 0 Å². The van der Waals surface area contributed by atoms with Crippen LogP contribution in [-0.2, 0) is 4.79 Å². The molecule has 1 amide bonds. The summed E-state index contributed by atoms with van der Waals surface area (Å²) in [6.07, 6.45) is 4.70. The van der Waals surface area contributed by atoms with Gasteiger partial charge in [0.15, 0.2) is 0 Å². The van der Waals surface area contributed by atoms with E-state index in [4.69, 9.17) is 5.73 Å². The smallest absolute Gasteiger partial charge is 0.224 e. The van der Waals surface area contributed by atoms with Gasteiger partial charge in [-0.1, -0.05) is 6.92 Å². The van der Waals surface area contributed by atoms with Crippen LogP contribution in [-0.4, -0.2) is 18.5 Å². The molecule has 1 aliphatic heterocycles. The van der Waals surface area contributed by atoms with Crippen molar-refractivity contribution in [3.63, 3.8) is 0 Å². The molecule has 0 aromatic heterocycles. The molecule has 0 unspecified atom stereocenters. The zero-order valence-corrected chi connectivity index (χ0v) is 8.83. The van der Waals surface area contributed by atoms with Gasteiger partial charge < -0.3 is 11.1 Å². The molecule has 2 rings (SSSR count). The molecule has 0 radical (unpaired) electrons. The SMILES string of the molecule is C[C@@H]1CC[C@@H]2NC(=O)[C@H](CN)C[C@@H]2C1. The maximum absolute atomic E-state index is 11.6. The highest BCUT2D eigenvalue weighted by Gasteiger charge is 2.37. The Morgan fingerprint density at radius 2 is 2.21 bits per heavy atom. The maximum Gasteiger partial charge on any atom is 0.224 e. The van der Waals surface area contributed by atoms with Crippen LogP contribution in [0.15, 0.2) is 0 Å². The zero-order valence-electron chi connectivity index (χ0n) is 8.83. The van der Waals surface area contributed by atoms with Gasteiger partial charge >= 0.3 is 0 Å². The van der Waals surface area contributed by atoms with Crippen molar-refractivity contribution in [3.8, 4) is 0 Å². The number of carbonyl (C=O) groups excluding carboxylic acids is 1. The molecule has 0 bridgehead atoms. The number of piperidine rings is 1. The Bertz CT molecular complexity index is 229. The number of amides is 1. The van der Waals surface area contributed by atoms with Gasteiger partial charge in [-0.2, -0.15) is 0 Å². The first-order valence-electron chi connectivity index (χ1n) is 5.71. The third-order valence-electron chi connectivity index (χ3n) is 3.81. The fourth-order valence-corrected chi connectivity index (χ4v) is 2.93. The second-order valence-electron chi connectivity index (χ2n) is 4.96. The minimum Gasteiger partial charge on any atom is -0.353 e. The first-order chi connectivity index (χ1) is 6.70. The van der Waals surface area contributed by atoms with E-state index in [9.17, 15) is 4.79 Å². The van der Waals surface area contributed by atoms with E-state index >= 15 is 0 Å². The van der Waals surface area contributed by atoms with Gasteiger partial charge in [-0.15, -0.1) is 0 Å². The highest BCUT2D eigenvalue weighted by Crippen LogP contribution is 2.35. The second kappa shape index (κ2) is 3.89. The number of rotatable bonds is 1. The van der Waals surface area contributed by atoms with Crippen molar-refractivity contribution < 1.29 is 4.79 Å². The summed E-state index contributed by atoms with van der Waals surface area (Å²) in [5, 5.41) is 3.12. The van der Waals surface area contributed by atoms with Gasteiger partial charge in [-0.25, -0.2) is 0 Å². The van der Waals surface area contributed by atoms with Crippen LogP contribution in [0.2, 0.25) is 0 Å². The van der Waals surface area contributed by atoms with E-state index < -0.39 is 0 Å². The van der Waals surface area contributed by atoms with Gasteiger partial charge in [0.2, 0.25) is 5.91 Å². The molecule has 0 aromatic rings.